The average molecular weight is 246 g/mol. The highest BCUT2D eigenvalue weighted by atomic mass is 32.1. The van der Waals surface area contributed by atoms with Gasteiger partial charge in [0, 0.05) is 23.7 Å². The second-order valence-electron chi connectivity index (χ2n) is 4.94. The van der Waals surface area contributed by atoms with Crippen LogP contribution in [0.15, 0.2) is 29.1 Å². The minimum atomic E-state index is 0.846. The van der Waals surface area contributed by atoms with Gasteiger partial charge in [0.1, 0.15) is 0 Å². The first-order valence-electron chi connectivity index (χ1n) is 6.48. The molecule has 1 fully saturated rings. The summed E-state index contributed by atoms with van der Waals surface area (Å²) in [6.45, 7) is 1.10. The van der Waals surface area contributed by atoms with Crippen LogP contribution in [-0.4, -0.2) is 9.78 Å². The van der Waals surface area contributed by atoms with Gasteiger partial charge >= 0.3 is 0 Å². The number of rotatable bonds is 3. The Morgan fingerprint density at radius 3 is 2.88 bits per heavy atom. The van der Waals surface area contributed by atoms with Gasteiger partial charge < -0.3 is 0 Å². The minimum absolute atomic E-state index is 0.846. The van der Waals surface area contributed by atoms with Crippen LogP contribution in [0.4, 0.5) is 0 Å². The van der Waals surface area contributed by atoms with E-state index in [0.717, 1.165) is 18.2 Å². The highest BCUT2D eigenvalue weighted by Gasteiger charge is 2.14. The lowest BCUT2D eigenvalue weighted by atomic mass is 9.89. The Balaban J connectivity index is 1.68. The number of thiophene rings is 1. The van der Waals surface area contributed by atoms with Gasteiger partial charge in [0.05, 0.1) is 5.69 Å². The molecule has 90 valence electrons. The van der Waals surface area contributed by atoms with Gasteiger partial charge in [-0.1, -0.05) is 19.3 Å². The zero-order valence-electron chi connectivity index (χ0n) is 10.0. The fraction of sp³-hybridized carbons (Fsp3) is 0.500. The van der Waals surface area contributed by atoms with E-state index in [-0.39, 0.29) is 0 Å². The first kappa shape index (κ1) is 11.0. The van der Waals surface area contributed by atoms with E-state index in [1.54, 1.807) is 11.3 Å². The molecule has 0 spiro atoms. The predicted octanol–water partition coefficient (Wildman–Crippen LogP) is 4.19. The maximum Gasteiger partial charge on any atom is 0.0931 e. The van der Waals surface area contributed by atoms with Gasteiger partial charge in [-0.05, 0) is 36.3 Å². The fourth-order valence-corrected chi connectivity index (χ4v) is 3.31. The molecule has 0 N–H and O–H groups in total. The van der Waals surface area contributed by atoms with E-state index in [2.05, 4.69) is 38.9 Å². The molecule has 0 saturated heterocycles. The molecular formula is C14H18N2S. The van der Waals surface area contributed by atoms with E-state index in [4.69, 9.17) is 0 Å². The smallest absolute Gasteiger partial charge is 0.0931 e. The second-order valence-corrected chi connectivity index (χ2v) is 5.72. The quantitative estimate of drug-likeness (QED) is 0.794. The normalized spacial score (nSPS) is 17.4. The lowest BCUT2D eigenvalue weighted by Crippen LogP contribution is -2.14. The van der Waals surface area contributed by atoms with Crippen molar-refractivity contribution in [3.8, 4) is 11.3 Å². The SMILES string of the molecule is c1cc(-c2ccn(CC3CCCCC3)n2)cs1. The predicted molar refractivity (Wildman–Crippen MR) is 72.1 cm³/mol. The largest absolute Gasteiger partial charge is 0.272 e. The standard InChI is InChI=1S/C14H18N2S/c1-2-4-12(5-3-1)10-16-8-6-14(15-16)13-7-9-17-11-13/h6-9,11-12H,1-5,10H2. The van der Waals surface area contributed by atoms with Crippen molar-refractivity contribution in [2.75, 3.05) is 0 Å². The van der Waals surface area contributed by atoms with Crippen LogP contribution in [0.3, 0.4) is 0 Å². The molecule has 2 nitrogen and oxygen atoms in total. The van der Waals surface area contributed by atoms with Crippen LogP contribution >= 0.6 is 11.3 Å². The van der Waals surface area contributed by atoms with E-state index in [0.29, 0.717) is 0 Å². The molecule has 0 unspecified atom stereocenters. The molecule has 2 heterocycles. The summed E-state index contributed by atoms with van der Waals surface area (Å²) in [5.41, 5.74) is 2.36. The van der Waals surface area contributed by atoms with Crippen LogP contribution in [0.5, 0.6) is 0 Å². The van der Waals surface area contributed by atoms with Gasteiger partial charge in [-0.15, -0.1) is 0 Å². The lowest BCUT2D eigenvalue weighted by Gasteiger charge is -2.21. The molecule has 2 aromatic heterocycles. The van der Waals surface area contributed by atoms with Crippen molar-refractivity contribution < 1.29 is 0 Å². The van der Waals surface area contributed by atoms with E-state index in [1.807, 2.05) is 0 Å². The van der Waals surface area contributed by atoms with Gasteiger partial charge in [0.25, 0.3) is 0 Å². The number of hydrogen-bond acceptors (Lipinski definition) is 2. The molecule has 0 aromatic carbocycles. The lowest BCUT2D eigenvalue weighted by molar-refractivity contribution is 0.308. The van der Waals surface area contributed by atoms with E-state index >= 15 is 0 Å². The zero-order valence-corrected chi connectivity index (χ0v) is 10.8. The first-order chi connectivity index (χ1) is 8.42. The first-order valence-corrected chi connectivity index (χ1v) is 7.42. The maximum atomic E-state index is 4.67. The summed E-state index contributed by atoms with van der Waals surface area (Å²) in [5.74, 6) is 0.846. The third kappa shape index (κ3) is 2.60. The summed E-state index contributed by atoms with van der Waals surface area (Å²) in [6.07, 6.45) is 9.13. The summed E-state index contributed by atoms with van der Waals surface area (Å²) in [5, 5.41) is 8.94. The zero-order chi connectivity index (χ0) is 11.5. The van der Waals surface area contributed by atoms with Crippen LogP contribution in [0.1, 0.15) is 32.1 Å². The molecule has 0 bridgehead atoms. The average Bonchev–Trinajstić information content (AvgIpc) is 3.00. The van der Waals surface area contributed by atoms with Crippen molar-refractivity contribution in [3.63, 3.8) is 0 Å². The van der Waals surface area contributed by atoms with Gasteiger partial charge in [-0.25, -0.2) is 0 Å². The van der Waals surface area contributed by atoms with Crippen molar-refractivity contribution in [2.24, 2.45) is 5.92 Å². The van der Waals surface area contributed by atoms with Crippen LogP contribution in [0.25, 0.3) is 11.3 Å². The van der Waals surface area contributed by atoms with Gasteiger partial charge in [0.15, 0.2) is 0 Å². The fourth-order valence-electron chi connectivity index (χ4n) is 2.66. The minimum Gasteiger partial charge on any atom is -0.272 e. The Hall–Kier alpha value is -1.09. The van der Waals surface area contributed by atoms with Crippen LogP contribution in [0, 0.1) is 5.92 Å². The Labute approximate surface area is 106 Å². The third-order valence-corrected chi connectivity index (χ3v) is 4.31. The van der Waals surface area contributed by atoms with Crippen molar-refractivity contribution >= 4 is 11.3 Å². The number of nitrogens with zero attached hydrogens (tertiary/aromatic N) is 2. The van der Waals surface area contributed by atoms with Crippen molar-refractivity contribution in [1.29, 1.82) is 0 Å². The van der Waals surface area contributed by atoms with E-state index in [9.17, 15) is 0 Å². The highest BCUT2D eigenvalue weighted by molar-refractivity contribution is 7.08. The Kier molecular flexibility index (Phi) is 3.27. The highest BCUT2D eigenvalue weighted by Crippen LogP contribution is 2.25. The molecule has 3 heteroatoms. The van der Waals surface area contributed by atoms with Crippen molar-refractivity contribution in [3.05, 3.63) is 29.1 Å². The molecular weight excluding hydrogens is 228 g/mol. The van der Waals surface area contributed by atoms with Gasteiger partial charge in [0.2, 0.25) is 0 Å². The van der Waals surface area contributed by atoms with Gasteiger partial charge in [-0.3, -0.25) is 4.68 Å². The summed E-state index contributed by atoms with van der Waals surface area (Å²) >= 11 is 1.73. The maximum absolute atomic E-state index is 4.67. The molecule has 0 radical (unpaired) electrons. The molecule has 0 atom stereocenters. The summed E-state index contributed by atoms with van der Waals surface area (Å²) in [4.78, 5) is 0. The number of aromatic nitrogens is 2. The second kappa shape index (κ2) is 5.05. The van der Waals surface area contributed by atoms with E-state index in [1.165, 1.54) is 37.7 Å². The molecule has 1 aliphatic rings. The monoisotopic (exact) mass is 246 g/mol. The molecule has 0 aliphatic heterocycles. The van der Waals surface area contributed by atoms with Gasteiger partial charge in [-0.2, -0.15) is 16.4 Å². The summed E-state index contributed by atoms with van der Waals surface area (Å²) in [7, 11) is 0. The van der Waals surface area contributed by atoms with Crippen molar-refractivity contribution in [1.82, 2.24) is 9.78 Å². The number of hydrogen-bond donors (Lipinski definition) is 0. The Bertz CT molecular complexity index is 452. The molecule has 1 saturated carbocycles. The molecule has 0 amide bonds. The van der Waals surface area contributed by atoms with Crippen molar-refractivity contribution in [2.45, 2.75) is 38.6 Å². The van der Waals surface area contributed by atoms with E-state index < -0.39 is 0 Å². The van der Waals surface area contributed by atoms with Crippen LogP contribution < -0.4 is 0 Å². The Morgan fingerprint density at radius 2 is 2.12 bits per heavy atom. The summed E-state index contributed by atoms with van der Waals surface area (Å²) in [6, 6.07) is 4.27. The topological polar surface area (TPSA) is 17.8 Å². The Morgan fingerprint density at radius 1 is 1.24 bits per heavy atom. The molecule has 3 rings (SSSR count). The molecule has 2 aromatic rings. The third-order valence-electron chi connectivity index (χ3n) is 3.63. The molecule has 17 heavy (non-hydrogen) atoms. The van der Waals surface area contributed by atoms with Crippen LogP contribution in [0.2, 0.25) is 0 Å². The molecule has 1 aliphatic carbocycles. The van der Waals surface area contributed by atoms with Crippen LogP contribution in [-0.2, 0) is 6.54 Å². The summed E-state index contributed by atoms with van der Waals surface area (Å²) < 4.78 is 2.13.